The summed E-state index contributed by atoms with van der Waals surface area (Å²) in [5, 5.41) is 11.7. The highest BCUT2D eigenvalue weighted by molar-refractivity contribution is 9.10. The van der Waals surface area contributed by atoms with Gasteiger partial charge in [-0.25, -0.2) is 0 Å². The fourth-order valence-electron chi connectivity index (χ4n) is 4.93. The first-order valence-electron chi connectivity index (χ1n) is 11.0. The van der Waals surface area contributed by atoms with Crippen LogP contribution in [0.4, 0.5) is 5.69 Å². The molecule has 33 heavy (non-hydrogen) atoms. The molecule has 0 aliphatic carbocycles. The Balaban J connectivity index is 1.76. The summed E-state index contributed by atoms with van der Waals surface area (Å²) in [5.74, 6) is -0.701. The molecule has 1 aliphatic rings. The summed E-state index contributed by atoms with van der Waals surface area (Å²) in [6, 6.07) is 15.5. The number of aliphatic hydroxyl groups is 1. The Morgan fingerprint density at radius 3 is 2.24 bits per heavy atom. The lowest BCUT2D eigenvalue weighted by molar-refractivity contribution is -0.136. The number of Topliss-reactive ketones (excluding diaryl/α,β-unsaturated/α-hetero) is 1. The molecule has 5 heteroatoms. The van der Waals surface area contributed by atoms with Gasteiger partial charge in [0.05, 0.1) is 18.7 Å². The van der Waals surface area contributed by atoms with Crippen molar-refractivity contribution in [1.29, 1.82) is 0 Å². The summed E-state index contributed by atoms with van der Waals surface area (Å²) in [4.78, 5) is 28.7. The first-order chi connectivity index (χ1) is 15.5. The number of benzene rings is 3. The molecular weight excluding hydrogens is 478 g/mol. The van der Waals surface area contributed by atoms with Gasteiger partial charge in [-0.05, 0) is 75.1 Å². The van der Waals surface area contributed by atoms with E-state index in [2.05, 4.69) is 22.0 Å². The Hall–Kier alpha value is -2.76. The van der Waals surface area contributed by atoms with E-state index < -0.39 is 11.5 Å². The third kappa shape index (κ3) is 4.16. The minimum Gasteiger partial charge on any atom is -0.375 e. The zero-order valence-electron chi connectivity index (χ0n) is 19.6. The molecule has 0 fully saturated rings. The molecule has 0 aromatic heterocycles. The largest absolute Gasteiger partial charge is 0.375 e. The molecule has 1 aliphatic heterocycles. The van der Waals surface area contributed by atoms with Gasteiger partial charge in [-0.3, -0.25) is 9.59 Å². The second kappa shape index (κ2) is 8.54. The molecule has 0 unspecified atom stereocenters. The first-order valence-corrected chi connectivity index (χ1v) is 11.8. The van der Waals surface area contributed by atoms with Crippen LogP contribution in [0.1, 0.15) is 55.7 Å². The summed E-state index contributed by atoms with van der Waals surface area (Å²) in [5.41, 5.74) is 5.73. The summed E-state index contributed by atoms with van der Waals surface area (Å²) < 4.78 is 0.746. The molecule has 1 amide bonds. The van der Waals surface area contributed by atoms with Crippen LogP contribution in [0, 0.1) is 34.6 Å². The number of rotatable bonds is 5. The predicted molar refractivity (Wildman–Crippen MR) is 135 cm³/mol. The number of fused-ring (bicyclic) bond motifs is 1. The zero-order chi connectivity index (χ0) is 24.1. The van der Waals surface area contributed by atoms with Crippen LogP contribution >= 0.6 is 15.9 Å². The summed E-state index contributed by atoms with van der Waals surface area (Å²) in [6.45, 7) is 10.1. The predicted octanol–water partition coefficient (Wildman–Crippen LogP) is 6.00. The smallest absolute Gasteiger partial charge is 0.264 e. The Morgan fingerprint density at radius 1 is 0.909 bits per heavy atom. The van der Waals surface area contributed by atoms with Crippen molar-refractivity contribution in [3.05, 3.63) is 97.5 Å². The zero-order valence-corrected chi connectivity index (χ0v) is 21.2. The van der Waals surface area contributed by atoms with Gasteiger partial charge >= 0.3 is 0 Å². The Morgan fingerprint density at radius 2 is 1.58 bits per heavy atom. The number of halogens is 1. The minimum absolute atomic E-state index is 0.236. The average Bonchev–Trinajstić information content (AvgIpc) is 2.91. The molecule has 1 heterocycles. The number of anilines is 1. The van der Waals surface area contributed by atoms with Gasteiger partial charge < -0.3 is 10.0 Å². The number of carbonyl (C=O) groups excluding carboxylic acids is 2. The van der Waals surface area contributed by atoms with Gasteiger partial charge in [0.2, 0.25) is 0 Å². The van der Waals surface area contributed by atoms with Crippen LogP contribution in [0.25, 0.3) is 0 Å². The number of ketones is 1. The Kier molecular flexibility index (Phi) is 6.06. The Bertz CT molecular complexity index is 1270. The monoisotopic (exact) mass is 505 g/mol. The fraction of sp³-hybridized carbons (Fsp3) is 0.286. The van der Waals surface area contributed by atoms with Crippen LogP contribution in [0.2, 0.25) is 0 Å². The molecule has 1 atom stereocenters. The van der Waals surface area contributed by atoms with Crippen LogP contribution in [-0.4, -0.2) is 16.8 Å². The SMILES string of the molecule is Cc1cc(C)c(C(=O)C[C@@]2(O)C(=O)N(Cc3cc(C)ccc3C)c3ccc(Br)cc32)c(C)c1. The summed E-state index contributed by atoms with van der Waals surface area (Å²) >= 11 is 3.46. The van der Waals surface area contributed by atoms with Crippen LogP contribution < -0.4 is 4.90 Å². The molecule has 4 nitrogen and oxygen atoms in total. The number of hydrogen-bond donors (Lipinski definition) is 1. The Labute approximate surface area is 203 Å². The first kappa shape index (κ1) is 23.4. The number of carbonyl (C=O) groups is 2. The van der Waals surface area contributed by atoms with Gasteiger partial charge in [-0.1, -0.05) is 57.4 Å². The molecule has 4 rings (SSSR count). The van der Waals surface area contributed by atoms with Crippen molar-refractivity contribution in [2.45, 2.75) is 53.2 Å². The number of aryl methyl sites for hydroxylation is 5. The van der Waals surface area contributed by atoms with E-state index in [1.165, 1.54) is 0 Å². The quantitative estimate of drug-likeness (QED) is 0.432. The lowest BCUT2D eigenvalue weighted by Gasteiger charge is -2.24. The van der Waals surface area contributed by atoms with E-state index in [1.807, 2.05) is 71.0 Å². The second-order valence-corrected chi connectivity index (χ2v) is 10.1. The highest BCUT2D eigenvalue weighted by atomic mass is 79.9. The maximum atomic E-state index is 13.7. The molecule has 3 aromatic rings. The molecule has 0 saturated carbocycles. The number of hydrogen-bond acceptors (Lipinski definition) is 3. The number of nitrogens with zero attached hydrogens (tertiary/aromatic N) is 1. The molecule has 0 radical (unpaired) electrons. The van der Waals surface area contributed by atoms with Gasteiger partial charge in [0.25, 0.3) is 5.91 Å². The maximum Gasteiger partial charge on any atom is 0.264 e. The normalized spacial score (nSPS) is 17.4. The van der Waals surface area contributed by atoms with Gasteiger partial charge in [0.1, 0.15) is 0 Å². The second-order valence-electron chi connectivity index (χ2n) is 9.22. The van der Waals surface area contributed by atoms with Gasteiger partial charge in [0, 0.05) is 15.6 Å². The third-order valence-corrected chi connectivity index (χ3v) is 6.99. The molecular formula is C28H28BrNO3. The molecule has 0 bridgehead atoms. The standard InChI is InChI=1S/C28H28BrNO3/c1-16-6-7-18(3)21(12-16)15-30-24-9-8-22(29)13-23(24)28(33,27(30)32)14-25(31)26-19(4)10-17(2)11-20(26)5/h6-13,33H,14-15H2,1-5H3/t28-/m0/s1. The van der Waals surface area contributed by atoms with Crippen molar-refractivity contribution in [2.75, 3.05) is 4.90 Å². The lowest BCUT2D eigenvalue weighted by Crippen LogP contribution is -2.41. The molecule has 0 spiro atoms. The summed E-state index contributed by atoms with van der Waals surface area (Å²) in [7, 11) is 0. The maximum absolute atomic E-state index is 13.7. The minimum atomic E-state index is -1.92. The lowest BCUT2D eigenvalue weighted by atomic mass is 9.85. The van der Waals surface area contributed by atoms with Crippen LogP contribution in [0.15, 0.2) is 53.0 Å². The van der Waals surface area contributed by atoms with E-state index in [-0.39, 0.29) is 12.2 Å². The van der Waals surface area contributed by atoms with Gasteiger partial charge in [-0.15, -0.1) is 0 Å². The molecule has 170 valence electrons. The van der Waals surface area contributed by atoms with Crippen molar-refractivity contribution < 1.29 is 14.7 Å². The van der Waals surface area contributed by atoms with Crippen LogP contribution in [0.3, 0.4) is 0 Å². The average molecular weight is 506 g/mol. The van der Waals surface area contributed by atoms with E-state index in [9.17, 15) is 14.7 Å². The van der Waals surface area contributed by atoms with Crippen molar-refractivity contribution in [2.24, 2.45) is 0 Å². The summed E-state index contributed by atoms with van der Waals surface area (Å²) in [6.07, 6.45) is -0.302. The van der Waals surface area contributed by atoms with E-state index >= 15 is 0 Å². The van der Waals surface area contributed by atoms with E-state index in [1.54, 1.807) is 11.0 Å². The van der Waals surface area contributed by atoms with Gasteiger partial charge in [0.15, 0.2) is 11.4 Å². The topological polar surface area (TPSA) is 57.6 Å². The highest BCUT2D eigenvalue weighted by Crippen LogP contribution is 2.45. The van der Waals surface area contributed by atoms with E-state index in [4.69, 9.17) is 0 Å². The molecule has 0 saturated heterocycles. The van der Waals surface area contributed by atoms with E-state index in [0.717, 1.165) is 37.9 Å². The highest BCUT2D eigenvalue weighted by Gasteiger charge is 2.51. The van der Waals surface area contributed by atoms with Crippen LogP contribution in [0.5, 0.6) is 0 Å². The molecule has 1 N–H and O–H groups in total. The van der Waals surface area contributed by atoms with E-state index in [0.29, 0.717) is 23.4 Å². The molecule has 3 aromatic carbocycles. The third-order valence-electron chi connectivity index (χ3n) is 6.50. The van der Waals surface area contributed by atoms with Crippen molar-refractivity contribution in [1.82, 2.24) is 0 Å². The van der Waals surface area contributed by atoms with Crippen molar-refractivity contribution in [3.8, 4) is 0 Å². The van der Waals surface area contributed by atoms with Crippen molar-refractivity contribution in [3.63, 3.8) is 0 Å². The van der Waals surface area contributed by atoms with Crippen molar-refractivity contribution >= 4 is 33.3 Å². The number of amides is 1. The fourth-order valence-corrected chi connectivity index (χ4v) is 5.29. The van der Waals surface area contributed by atoms with Gasteiger partial charge in [-0.2, -0.15) is 0 Å². The van der Waals surface area contributed by atoms with Crippen LogP contribution in [-0.2, 0) is 16.9 Å².